The molecule has 1 aliphatic rings. The van der Waals surface area contributed by atoms with Gasteiger partial charge >= 0.3 is 0 Å². The monoisotopic (exact) mass is 374 g/mol. The maximum atomic E-state index is 12.7. The Morgan fingerprint density at radius 1 is 1.29 bits per heavy atom. The van der Waals surface area contributed by atoms with Gasteiger partial charge in [-0.05, 0) is 37.5 Å². The van der Waals surface area contributed by atoms with Gasteiger partial charge in [-0.25, -0.2) is 8.42 Å². The maximum Gasteiger partial charge on any atom is 0.252 e. The number of rotatable bonds is 7. The molecule has 1 fully saturated rings. The third-order valence-corrected chi connectivity index (χ3v) is 6.17. The summed E-state index contributed by atoms with van der Waals surface area (Å²) >= 11 is 6.07. The molecule has 1 aliphatic heterocycles. The molecule has 0 unspecified atom stereocenters. The molecule has 0 aliphatic carbocycles. The topological polar surface area (TPSA) is 75.7 Å². The average Bonchev–Trinajstić information content (AvgIpc) is 2.59. The van der Waals surface area contributed by atoms with E-state index in [-0.39, 0.29) is 21.4 Å². The lowest BCUT2D eigenvalue weighted by molar-refractivity contribution is 0.0948. The van der Waals surface area contributed by atoms with Gasteiger partial charge in [0.2, 0.25) is 10.0 Å². The van der Waals surface area contributed by atoms with Crippen molar-refractivity contribution in [2.45, 2.75) is 30.6 Å². The van der Waals surface area contributed by atoms with Gasteiger partial charge in [-0.1, -0.05) is 18.0 Å². The number of hydrogen-bond donors (Lipinski definition) is 1. The molecule has 0 bridgehead atoms. The molecule has 0 aromatic heterocycles. The minimum absolute atomic E-state index is 0.107. The van der Waals surface area contributed by atoms with Gasteiger partial charge in [0.25, 0.3) is 5.91 Å². The van der Waals surface area contributed by atoms with Crippen LogP contribution in [0.2, 0.25) is 5.02 Å². The number of piperidine rings is 1. The lowest BCUT2D eigenvalue weighted by Gasteiger charge is -2.26. The van der Waals surface area contributed by atoms with Crippen LogP contribution in [0, 0.1) is 0 Å². The number of sulfonamides is 1. The lowest BCUT2D eigenvalue weighted by atomic mass is 10.2. The quantitative estimate of drug-likeness (QED) is 0.743. The van der Waals surface area contributed by atoms with E-state index in [1.807, 2.05) is 0 Å². The summed E-state index contributed by atoms with van der Waals surface area (Å²) in [7, 11) is -2.00. The zero-order valence-electron chi connectivity index (χ0n) is 13.8. The number of halogens is 1. The predicted molar refractivity (Wildman–Crippen MR) is 92.9 cm³/mol. The van der Waals surface area contributed by atoms with Crippen LogP contribution in [0.5, 0.6) is 0 Å². The zero-order chi connectivity index (χ0) is 17.6. The molecular formula is C16H23ClN2O4S. The van der Waals surface area contributed by atoms with Crippen LogP contribution in [0.25, 0.3) is 0 Å². The smallest absolute Gasteiger partial charge is 0.252 e. The fourth-order valence-corrected chi connectivity index (χ4v) is 4.35. The molecule has 1 amide bonds. The highest BCUT2D eigenvalue weighted by molar-refractivity contribution is 7.89. The molecule has 134 valence electrons. The van der Waals surface area contributed by atoms with Crippen LogP contribution < -0.4 is 5.32 Å². The molecule has 1 aromatic rings. The van der Waals surface area contributed by atoms with E-state index < -0.39 is 10.0 Å². The van der Waals surface area contributed by atoms with Crippen LogP contribution in [0.1, 0.15) is 36.0 Å². The molecule has 0 radical (unpaired) electrons. The van der Waals surface area contributed by atoms with E-state index in [2.05, 4.69) is 5.32 Å². The Kier molecular flexibility index (Phi) is 7.03. The number of ether oxygens (including phenoxy) is 1. The summed E-state index contributed by atoms with van der Waals surface area (Å²) in [5.41, 5.74) is 0.173. The first-order valence-electron chi connectivity index (χ1n) is 8.03. The number of amides is 1. The summed E-state index contributed by atoms with van der Waals surface area (Å²) in [6.07, 6.45) is 3.44. The summed E-state index contributed by atoms with van der Waals surface area (Å²) in [4.78, 5) is 12.3. The summed E-state index contributed by atoms with van der Waals surface area (Å²) in [6, 6.07) is 4.27. The Bertz CT molecular complexity index is 673. The van der Waals surface area contributed by atoms with Gasteiger partial charge in [0.15, 0.2) is 0 Å². The van der Waals surface area contributed by atoms with Crippen molar-refractivity contribution >= 4 is 27.5 Å². The van der Waals surface area contributed by atoms with Crippen molar-refractivity contribution in [1.29, 1.82) is 0 Å². The normalized spacial score (nSPS) is 16.1. The largest absolute Gasteiger partial charge is 0.385 e. The average molecular weight is 375 g/mol. The van der Waals surface area contributed by atoms with Gasteiger partial charge in [0.1, 0.15) is 0 Å². The molecule has 0 saturated carbocycles. The Balaban J connectivity index is 2.16. The number of methoxy groups -OCH3 is 1. The molecule has 24 heavy (non-hydrogen) atoms. The Morgan fingerprint density at radius 2 is 2.00 bits per heavy atom. The van der Waals surface area contributed by atoms with Crippen LogP contribution in [0.15, 0.2) is 23.1 Å². The van der Waals surface area contributed by atoms with E-state index in [1.54, 1.807) is 7.11 Å². The first-order valence-corrected chi connectivity index (χ1v) is 9.85. The van der Waals surface area contributed by atoms with E-state index in [1.165, 1.54) is 22.5 Å². The predicted octanol–water partition coefficient (Wildman–Crippen LogP) is 2.28. The van der Waals surface area contributed by atoms with Crippen LogP contribution in [-0.4, -0.2) is 52.0 Å². The van der Waals surface area contributed by atoms with E-state index >= 15 is 0 Å². The number of carbonyl (C=O) groups is 1. The van der Waals surface area contributed by atoms with Gasteiger partial charge in [0, 0.05) is 33.4 Å². The molecule has 0 atom stereocenters. The summed E-state index contributed by atoms with van der Waals surface area (Å²) < 4.78 is 31.8. The second kappa shape index (κ2) is 8.80. The van der Waals surface area contributed by atoms with Crippen molar-refractivity contribution < 1.29 is 17.9 Å². The van der Waals surface area contributed by atoms with Crippen LogP contribution in [0.3, 0.4) is 0 Å². The zero-order valence-corrected chi connectivity index (χ0v) is 15.3. The van der Waals surface area contributed by atoms with Crippen molar-refractivity contribution in [2.75, 3.05) is 33.4 Å². The number of nitrogens with one attached hydrogen (secondary N) is 1. The van der Waals surface area contributed by atoms with Gasteiger partial charge in [0.05, 0.1) is 15.5 Å². The Labute approximate surface area is 148 Å². The van der Waals surface area contributed by atoms with E-state index in [9.17, 15) is 13.2 Å². The van der Waals surface area contributed by atoms with Crippen LogP contribution in [-0.2, 0) is 14.8 Å². The second-order valence-corrected chi connectivity index (χ2v) is 8.05. The molecule has 1 heterocycles. The third-order valence-electron chi connectivity index (χ3n) is 3.95. The Morgan fingerprint density at radius 3 is 2.67 bits per heavy atom. The maximum absolute atomic E-state index is 12.7. The van der Waals surface area contributed by atoms with Crippen molar-refractivity contribution in [3.63, 3.8) is 0 Å². The number of benzene rings is 1. The molecular weight excluding hydrogens is 352 g/mol. The molecule has 1 saturated heterocycles. The lowest BCUT2D eigenvalue weighted by Crippen LogP contribution is -2.35. The van der Waals surface area contributed by atoms with E-state index in [0.717, 1.165) is 19.3 Å². The number of carbonyl (C=O) groups excluding carboxylic acids is 1. The molecule has 6 nitrogen and oxygen atoms in total. The van der Waals surface area contributed by atoms with Gasteiger partial charge < -0.3 is 10.1 Å². The highest BCUT2D eigenvalue weighted by Crippen LogP contribution is 2.25. The van der Waals surface area contributed by atoms with Crippen molar-refractivity contribution in [2.24, 2.45) is 0 Å². The van der Waals surface area contributed by atoms with Gasteiger partial charge in [-0.2, -0.15) is 4.31 Å². The van der Waals surface area contributed by atoms with Crippen molar-refractivity contribution in [1.82, 2.24) is 9.62 Å². The highest BCUT2D eigenvalue weighted by Gasteiger charge is 2.27. The molecule has 2 rings (SSSR count). The standard InChI is InChI=1S/C16H23ClN2O4S/c1-23-11-5-8-18-16(20)14-12-13(6-7-15(14)17)24(21,22)19-9-3-2-4-10-19/h6-7,12H,2-5,8-11H2,1H3,(H,18,20). The van der Waals surface area contributed by atoms with E-state index in [0.29, 0.717) is 32.7 Å². The molecule has 1 N–H and O–H groups in total. The van der Waals surface area contributed by atoms with Crippen LogP contribution >= 0.6 is 11.6 Å². The minimum atomic E-state index is -3.59. The first kappa shape index (κ1) is 19.2. The molecule has 8 heteroatoms. The minimum Gasteiger partial charge on any atom is -0.385 e. The fraction of sp³-hybridized carbons (Fsp3) is 0.562. The highest BCUT2D eigenvalue weighted by atomic mass is 35.5. The second-order valence-electron chi connectivity index (χ2n) is 5.71. The number of hydrogen-bond acceptors (Lipinski definition) is 4. The van der Waals surface area contributed by atoms with Crippen molar-refractivity contribution in [3.05, 3.63) is 28.8 Å². The van der Waals surface area contributed by atoms with Gasteiger partial charge in [-0.3, -0.25) is 4.79 Å². The SMILES string of the molecule is COCCCNC(=O)c1cc(S(=O)(=O)N2CCCCC2)ccc1Cl. The molecule has 1 aromatic carbocycles. The Hall–Kier alpha value is -1.15. The van der Waals surface area contributed by atoms with Crippen molar-refractivity contribution in [3.8, 4) is 0 Å². The number of nitrogens with zero attached hydrogens (tertiary/aromatic N) is 1. The van der Waals surface area contributed by atoms with Crippen LogP contribution in [0.4, 0.5) is 0 Å². The van der Waals surface area contributed by atoms with E-state index in [4.69, 9.17) is 16.3 Å². The summed E-state index contributed by atoms with van der Waals surface area (Å²) in [6.45, 7) is 2.01. The molecule has 0 spiro atoms. The fourth-order valence-electron chi connectivity index (χ4n) is 2.61. The first-order chi connectivity index (χ1) is 11.5. The van der Waals surface area contributed by atoms with Gasteiger partial charge in [-0.15, -0.1) is 0 Å². The third kappa shape index (κ3) is 4.69. The summed E-state index contributed by atoms with van der Waals surface area (Å²) in [5.74, 6) is -0.383. The summed E-state index contributed by atoms with van der Waals surface area (Å²) in [5, 5.41) is 2.95.